The van der Waals surface area contributed by atoms with Crippen LogP contribution >= 0.6 is 58.5 Å². The number of hydroxylamine groups is 2. The van der Waals surface area contributed by atoms with Gasteiger partial charge in [-0.25, -0.2) is 61.0 Å². The number of nitrogens with two attached hydrogens (primary N) is 1. The number of benzene rings is 1. The Morgan fingerprint density at radius 2 is 0.853 bits per heavy atom. The van der Waals surface area contributed by atoms with Gasteiger partial charge in [-0.1, -0.05) is 12.1 Å². The number of alkyl carbamates (subject to hydrolysis) is 1. The summed E-state index contributed by atoms with van der Waals surface area (Å²) in [7, 11) is -17.9. The number of aromatic nitrogens is 8. The molecule has 3 amide bonds. The van der Waals surface area contributed by atoms with Gasteiger partial charge < -0.3 is 84.3 Å². The van der Waals surface area contributed by atoms with Crippen molar-refractivity contribution >= 4 is 112 Å². The van der Waals surface area contributed by atoms with E-state index in [1.807, 2.05) is 10.3 Å². The number of carbonyl (C=O) groups is 8. The number of nitrogens with zero attached hydrogens (tertiary/aromatic N) is 5. The number of phosphoric acid groups is 6. The summed E-state index contributed by atoms with van der Waals surface area (Å²) in [6.07, 6.45) is -6.24. The maximum absolute atomic E-state index is 13.0. The van der Waals surface area contributed by atoms with Crippen LogP contribution in [0.1, 0.15) is 107 Å². The maximum atomic E-state index is 13.0. The first-order chi connectivity index (χ1) is 67.4. The van der Waals surface area contributed by atoms with Crippen LogP contribution in [0.2, 0.25) is 0 Å². The lowest BCUT2D eigenvalue weighted by atomic mass is 10.2. The number of hydrogen-bond acceptors (Lipinski definition) is 53. The average molecular weight is 2190 g/mol. The van der Waals surface area contributed by atoms with Crippen LogP contribution in [-0.4, -0.2) is 289 Å². The van der Waals surface area contributed by atoms with E-state index in [-0.39, 0.29) is 82.9 Å². The Balaban J connectivity index is 0.000000314. The zero-order valence-electron chi connectivity index (χ0n) is 77.7. The highest BCUT2D eigenvalue weighted by molar-refractivity contribution is 7.68. The highest BCUT2D eigenvalue weighted by Crippen LogP contribution is 2.74. The van der Waals surface area contributed by atoms with Gasteiger partial charge in [0.05, 0.1) is 51.8 Å². The molecule has 143 heavy (non-hydrogen) atoms. The van der Waals surface area contributed by atoms with Crippen molar-refractivity contribution in [1.82, 2.24) is 59.2 Å². The summed E-state index contributed by atoms with van der Waals surface area (Å²) < 4.78 is 194. The van der Waals surface area contributed by atoms with Crippen LogP contribution in [0.15, 0.2) is 112 Å². The number of carboxylic acid groups (broad SMARTS) is 1. The summed E-state index contributed by atoms with van der Waals surface area (Å²) in [5.41, 5.74) is 0.620. The number of carboxylic acids is 1. The maximum Gasteiger partial charge on any atom is 0.492 e. The standard InChI is InChI=1S/C16H26N3O16P3.C16H28N3O15P3.C13H19N3O6.C9H12N2O5.C8H5ClO3.C6H8N2O3.C4H9NO2/c1-10(20)17-16(23)33-11-8-14(19-7-6-13(21)18-15(19)22)32-12(11)9-31-37(25,29-4)35-38(26,30-5)34-36(24,27-2)28-3;1-26-35(23,27-2)33-37(25,29-4)34-36(24,28-3)30-10-12-11(32-15(21)5-7-17)9-14(31-12)19-8-6-13(20)18-16(19)22;1-14-4-2-12(19)22-8-6-11(21-9(8)7-17)16-5-3-10(18)15-13(16)20;12-4-6-5(13)3-8(16-6)11-2-1-7(14)10-9(11)15;9-8-11-6-4-2-1-3-5(6)7(10)12-8;1-4(9)11-8-5(7)2-3-6(8)10;1-5-3-2-4(6)7/h6-7,11-12,14H,8-9H2,1-5H3,(H,17,20,23)(H,18,21,22);6,8,11-12,14H,5,7,9-10,17H2,1-4H3,(H,18,20,22);3,5,8-9,11,14,17H,2,4,6-7H2,1H3,(H,15,18,20);1-2,5-6,8,12-13H,3-4H2,(H,10,14,15);1-4,8H;7H,2-3H2,1H3;5H,2-3H2,1H3,(H,6,7)/t11?,12-,14-,37?,38?;11?,12-,14-,36?,37?;8?,9-,11-;5?,6-,8-;;;/m1111.../s1. The number of halogens is 1. The van der Waals surface area contributed by atoms with E-state index in [9.17, 15) is 114 Å². The smallest absolute Gasteiger partial charge is 0.481 e. The van der Waals surface area contributed by atoms with Crippen molar-refractivity contribution in [2.75, 3.05) is 117 Å². The van der Waals surface area contributed by atoms with Crippen molar-refractivity contribution in [3.8, 4) is 5.75 Å². The van der Waals surface area contributed by atoms with E-state index in [4.69, 9.17) is 93.0 Å². The number of H-pyrrole nitrogens is 4. The Morgan fingerprint density at radius 3 is 1.20 bits per heavy atom. The first kappa shape index (κ1) is 123. The molecule has 64 nitrogen and oxygen atoms in total. The number of amides is 3. The van der Waals surface area contributed by atoms with E-state index in [0.717, 1.165) is 96.3 Å². The van der Waals surface area contributed by atoms with E-state index in [1.165, 1.54) is 46.8 Å². The van der Waals surface area contributed by atoms with Crippen LogP contribution in [0.4, 0.5) is 4.79 Å². The fraction of sp³-hybridized carbons (Fsp3) is 0.569. The number of hydrogen-bond donors (Lipinski definition) is 13. The number of cyclic esters (lactones) is 1. The van der Waals surface area contributed by atoms with Crippen molar-refractivity contribution in [2.24, 2.45) is 5.73 Å². The summed E-state index contributed by atoms with van der Waals surface area (Å²) in [6, 6.07) is 11.3. The van der Waals surface area contributed by atoms with Gasteiger partial charge in [0.25, 0.3) is 28.1 Å². The van der Waals surface area contributed by atoms with Crippen LogP contribution in [0.25, 0.3) is 0 Å². The molecule has 6 aliphatic heterocycles. The minimum atomic E-state index is -4.96. The second-order valence-corrected chi connectivity index (χ2v) is 40.1. The molecule has 6 aliphatic rings. The number of aliphatic hydroxyl groups is 3. The topological polar surface area (TPSA) is 850 Å². The number of fused-ring (bicyclic) bond motifs is 1. The van der Waals surface area contributed by atoms with E-state index in [2.05, 4.69) is 75.4 Å². The molecule has 11 rings (SSSR count). The number of ether oxygens (including phenoxy) is 9. The van der Waals surface area contributed by atoms with Crippen LogP contribution in [-0.2, 0) is 161 Å². The number of carbonyl (C=O) groups excluding carboxylic acids is 7. The zero-order valence-corrected chi connectivity index (χ0v) is 83.8. The minimum absolute atomic E-state index is 0.00219. The van der Waals surface area contributed by atoms with Gasteiger partial charge >= 0.3 is 111 Å². The number of aromatic amines is 4. The number of esters is 3. The molecule has 0 saturated carbocycles. The third kappa shape index (κ3) is 39.6. The number of aliphatic hydroxyl groups excluding tert-OH is 3. The largest absolute Gasteiger partial charge is 0.492 e. The number of nitrogens with one attached hydrogen (secondary N) is 8. The van der Waals surface area contributed by atoms with Crippen molar-refractivity contribution in [3.63, 3.8) is 0 Å². The molecule has 5 fully saturated rings. The fourth-order valence-corrected chi connectivity index (χ4v) is 20.8. The first-order valence-corrected chi connectivity index (χ1v) is 50.3. The number of rotatable bonds is 40. The Labute approximate surface area is 811 Å². The molecule has 5 saturated heterocycles. The van der Waals surface area contributed by atoms with Gasteiger partial charge in [0.2, 0.25) is 5.91 Å². The zero-order chi connectivity index (χ0) is 107. The number of aliphatic carboxylic acids is 1. The highest BCUT2D eigenvalue weighted by atomic mass is 35.5. The van der Waals surface area contributed by atoms with E-state index >= 15 is 0 Å². The SMILES string of the molecule is CC(=O)ON1C(=N)CCC1=O.CNCCC(=O)O.CNCCC(=O)OC1C[C@H](n2ccc(=O)[nH]c2=O)O[C@@H]1CO.COP(=O)(OC)OP(=O)(OC)OP(=O)(OC)OC[C@H]1O[C@@H](n2ccc(=O)[nH]c2=O)CC1OC(=O)CCN.COP(=O)(OC)OP(=O)(OC)OP(=O)(OC)OC[C@H]1O[C@@H](n2ccc(=O)[nH]c2=O)CC1OC(=O)NC(C)=O.O=C1OC(Cl)Oc2ccccc21.O=c1ccn([C@H]2CC(O)[C@@H](CO)O2)c(=O)[nH]1. The Kier molecular flexibility index (Phi) is 50.8. The Hall–Kier alpha value is -10.1. The summed E-state index contributed by atoms with van der Waals surface area (Å²) in [4.78, 5) is 194. The summed E-state index contributed by atoms with van der Waals surface area (Å²) in [5.74, 6) is -4.43. The normalized spacial score (nSPS) is 22.7. The molecular weight excluding hydrogens is 2080 g/mol. The molecule has 10 heterocycles. The van der Waals surface area contributed by atoms with Gasteiger partial charge in [-0.3, -0.25) is 137 Å². The van der Waals surface area contributed by atoms with E-state index in [0.29, 0.717) is 30.8 Å². The Bertz CT molecular complexity index is 5930. The highest BCUT2D eigenvalue weighted by Gasteiger charge is 2.51. The lowest BCUT2D eigenvalue weighted by Crippen LogP contribution is -2.37. The van der Waals surface area contributed by atoms with Crippen LogP contribution in [0.5, 0.6) is 5.75 Å². The summed E-state index contributed by atoms with van der Waals surface area (Å²) in [5, 5.41) is 51.0. The molecule has 1 aromatic carbocycles. The number of imide groups is 1. The predicted octanol–water partition coefficient (Wildman–Crippen LogP) is 0.487. The van der Waals surface area contributed by atoms with Gasteiger partial charge in [0.15, 0.2) is 0 Å². The first-order valence-electron chi connectivity index (χ1n) is 41.1. The number of para-hydroxylation sites is 1. The lowest BCUT2D eigenvalue weighted by Gasteiger charge is -2.24. The second kappa shape index (κ2) is 58.9. The molecule has 17 atom stereocenters. The van der Waals surface area contributed by atoms with Crippen LogP contribution < -0.4 is 71.4 Å². The molecule has 14 N–H and O–H groups in total. The molecule has 0 bridgehead atoms. The molecule has 5 aromatic rings. The summed E-state index contributed by atoms with van der Waals surface area (Å²) >= 11 is 5.47. The minimum Gasteiger partial charge on any atom is -0.481 e. The van der Waals surface area contributed by atoms with Gasteiger partial charge in [-0.15, -0.1) is 5.06 Å². The second-order valence-electron chi connectivity index (χ2n) is 28.4. The van der Waals surface area contributed by atoms with Crippen molar-refractivity contribution < 1.29 is 196 Å². The van der Waals surface area contributed by atoms with Crippen LogP contribution in [0.3, 0.4) is 0 Å². The van der Waals surface area contributed by atoms with Gasteiger partial charge in [-0.05, 0) is 37.8 Å². The quantitative estimate of drug-likeness (QED) is 0.0110. The molecule has 9 unspecified atom stereocenters. The molecule has 0 spiro atoms. The number of amidine groups is 1. The van der Waals surface area contributed by atoms with Crippen LogP contribution in [0, 0.1) is 5.41 Å². The van der Waals surface area contributed by atoms with Crippen molar-refractivity contribution in [2.45, 2.75) is 151 Å². The van der Waals surface area contributed by atoms with E-state index in [1.54, 1.807) is 38.4 Å². The van der Waals surface area contributed by atoms with Gasteiger partial charge in [0.1, 0.15) is 84.8 Å². The molecule has 71 heteroatoms. The van der Waals surface area contributed by atoms with E-state index < -0.39 is 226 Å². The summed E-state index contributed by atoms with van der Waals surface area (Å²) in [6.45, 7) is 1.25. The molecule has 0 radical (unpaired) electrons. The number of alkyl halides is 1. The van der Waals surface area contributed by atoms with Crippen molar-refractivity contribution in [3.05, 3.63) is 162 Å². The Morgan fingerprint density at radius 1 is 0.490 bits per heavy atom. The predicted molar refractivity (Wildman–Crippen MR) is 477 cm³/mol. The number of phosphoric ester groups is 4. The third-order valence-electron chi connectivity index (χ3n) is 18.5. The molecule has 802 valence electrons. The average Bonchev–Trinajstić information content (AvgIpc) is 1.66. The molecular formula is C72H107ClN14O50P6. The van der Waals surface area contributed by atoms with Crippen molar-refractivity contribution in [1.29, 1.82) is 5.41 Å². The fourth-order valence-electron chi connectivity index (χ4n) is 11.8. The lowest BCUT2D eigenvalue weighted by molar-refractivity contribution is -0.178. The van der Waals surface area contributed by atoms with Gasteiger partial charge in [0, 0.05) is 178 Å². The third-order valence-corrected chi connectivity index (χ3v) is 29.6. The molecule has 0 aliphatic carbocycles. The van der Waals surface area contributed by atoms with Gasteiger partial charge in [-0.2, -0.15) is 17.2 Å². The monoisotopic (exact) mass is 2190 g/mol. The molecule has 4 aromatic heterocycles.